The zero-order valence-corrected chi connectivity index (χ0v) is 11.3. The Hall–Kier alpha value is -2.69. The molecule has 2 rings (SSSR count). The van der Waals surface area contributed by atoms with E-state index in [4.69, 9.17) is 5.73 Å². The Balaban J connectivity index is 2.29. The summed E-state index contributed by atoms with van der Waals surface area (Å²) in [6, 6.07) is 14.2. The molecule has 0 fully saturated rings. The molecule has 0 saturated heterocycles. The van der Waals surface area contributed by atoms with Crippen LogP contribution in [-0.2, 0) is 4.79 Å². The largest absolute Gasteiger partial charge is 0.370 e. The number of carbonyl (C=O) groups is 2. The minimum absolute atomic E-state index is 0.0376. The standard InChI is InChI=1S/C16H15FN2O2/c17-13-6-8-14(9-7-13)19(11-10-15(18)20)16(21)12-4-2-1-3-5-12/h1-9H,10-11H2,(H2,18,20). The molecular formula is C16H15FN2O2. The van der Waals surface area contributed by atoms with Crippen LogP contribution in [0, 0.1) is 5.82 Å². The summed E-state index contributed by atoms with van der Waals surface area (Å²) in [5, 5.41) is 0. The fraction of sp³-hybridized carbons (Fsp3) is 0.125. The Bertz CT molecular complexity index is 626. The van der Waals surface area contributed by atoms with Gasteiger partial charge in [0.05, 0.1) is 0 Å². The number of primary amides is 1. The van der Waals surface area contributed by atoms with Crippen molar-refractivity contribution in [1.29, 1.82) is 0 Å². The minimum atomic E-state index is -0.497. The van der Waals surface area contributed by atoms with Gasteiger partial charge in [-0.15, -0.1) is 0 Å². The van der Waals surface area contributed by atoms with Crippen LogP contribution in [-0.4, -0.2) is 18.4 Å². The summed E-state index contributed by atoms with van der Waals surface area (Å²) in [7, 11) is 0. The lowest BCUT2D eigenvalue weighted by atomic mass is 10.1. The number of amides is 2. The van der Waals surface area contributed by atoms with Gasteiger partial charge < -0.3 is 10.6 Å². The summed E-state index contributed by atoms with van der Waals surface area (Å²) in [6.07, 6.45) is 0.0376. The lowest BCUT2D eigenvalue weighted by molar-refractivity contribution is -0.117. The van der Waals surface area contributed by atoms with Crippen molar-refractivity contribution in [3.05, 3.63) is 66.0 Å². The van der Waals surface area contributed by atoms with Crippen molar-refractivity contribution in [3.8, 4) is 0 Å². The molecule has 0 spiro atoms. The molecule has 2 amide bonds. The van der Waals surface area contributed by atoms with Gasteiger partial charge in [-0.05, 0) is 36.4 Å². The molecule has 0 aromatic heterocycles. The molecule has 4 nitrogen and oxygen atoms in total. The fourth-order valence-corrected chi connectivity index (χ4v) is 1.93. The Labute approximate surface area is 122 Å². The first-order valence-corrected chi connectivity index (χ1v) is 6.48. The monoisotopic (exact) mass is 286 g/mol. The normalized spacial score (nSPS) is 10.1. The molecule has 0 saturated carbocycles. The molecule has 108 valence electrons. The van der Waals surface area contributed by atoms with Gasteiger partial charge in [0.1, 0.15) is 5.82 Å². The van der Waals surface area contributed by atoms with Gasteiger partial charge in [0.25, 0.3) is 5.91 Å². The zero-order chi connectivity index (χ0) is 15.2. The number of nitrogens with zero attached hydrogens (tertiary/aromatic N) is 1. The first kappa shape index (κ1) is 14.7. The summed E-state index contributed by atoms with van der Waals surface area (Å²) < 4.78 is 13.0. The molecule has 0 aliphatic heterocycles. The Morgan fingerprint density at radius 2 is 1.62 bits per heavy atom. The van der Waals surface area contributed by atoms with Crippen LogP contribution in [0.3, 0.4) is 0 Å². The van der Waals surface area contributed by atoms with Crippen molar-refractivity contribution in [2.24, 2.45) is 5.73 Å². The predicted octanol–water partition coefficient (Wildman–Crippen LogP) is 2.35. The quantitative estimate of drug-likeness (QED) is 0.917. The van der Waals surface area contributed by atoms with Gasteiger partial charge in [-0.2, -0.15) is 0 Å². The van der Waals surface area contributed by atoms with Crippen molar-refractivity contribution in [1.82, 2.24) is 0 Å². The van der Waals surface area contributed by atoms with Crippen LogP contribution in [0.1, 0.15) is 16.8 Å². The number of rotatable bonds is 5. The highest BCUT2D eigenvalue weighted by Crippen LogP contribution is 2.18. The molecule has 0 aliphatic rings. The maximum absolute atomic E-state index is 13.0. The average molecular weight is 286 g/mol. The second-order valence-electron chi connectivity index (χ2n) is 4.52. The third kappa shape index (κ3) is 3.89. The Kier molecular flexibility index (Phi) is 4.66. The van der Waals surface area contributed by atoms with E-state index >= 15 is 0 Å². The number of halogens is 1. The van der Waals surface area contributed by atoms with Crippen LogP contribution in [0.5, 0.6) is 0 Å². The van der Waals surface area contributed by atoms with E-state index in [1.54, 1.807) is 24.3 Å². The molecule has 0 heterocycles. The predicted molar refractivity (Wildman–Crippen MR) is 78.3 cm³/mol. The van der Waals surface area contributed by atoms with Crippen LogP contribution < -0.4 is 10.6 Å². The summed E-state index contributed by atoms with van der Waals surface area (Å²) in [5.41, 5.74) is 6.16. The van der Waals surface area contributed by atoms with Gasteiger partial charge in [-0.3, -0.25) is 9.59 Å². The Morgan fingerprint density at radius 3 is 2.19 bits per heavy atom. The zero-order valence-electron chi connectivity index (χ0n) is 11.3. The Morgan fingerprint density at radius 1 is 1.00 bits per heavy atom. The smallest absolute Gasteiger partial charge is 0.258 e. The summed E-state index contributed by atoms with van der Waals surface area (Å²) in [5.74, 6) is -1.15. The van der Waals surface area contributed by atoms with Crippen molar-refractivity contribution in [3.63, 3.8) is 0 Å². The molecule has 2 N–H and O–H groups in total. The molecule has 0 unspecified atom stereocenters. The number of benzene rings is 2. The molecule has 0 bridgehead atoms. The van der Waals surface area contributed by atoms with E-state index in [-0.39, 0.29) is 24.7 Å². The van der Waals surface area contributed by atoms with Crippen LogP contribution in [0.4, 0.5) is 10.1 Å². The van der Waals surface area contributed by atoms with Gasteiger partial charge in [0.15, 0.2) is 0 Å². The lowest BCUT2D eigenvalue weighted by Crippen LogP contribution is -2.34. The molecular weight excluding hydrogens is 271 g/mol. The molecule has 2 aromatic carbocycles. The van der Waals surface area contributed by atoms with Crippen molar-refractivity contribution >= 4 is 17.5 Å². The summed E-state index contributed by atoms with van der Waals surface area (Å²) in [6.45, 7) is 0.148. The highest BCUT2D eigenvalue weighted by molar-refractivity contribution is 6.06. The van der Waals surface area contributed by atoms with Crippen LogP contribution in [0.25, 0.3) is 0 Å². The van der Waals surface area contributed by atoms with Gasteiger partial charge in [0, 0.05) is 24.2 Å². The average Bonchev–Trinajstić information content (AvgIpc) is 2.49. The molecule has 5 heteroatoms. The highest BCUT2D eigenvalue weighted by atomic mass is 19.1. The van der Waals surface area contributed by atoms with Gasteiger partial charge in [-0.1, -0.05) is 18.2 Å². The van der Waals surface area contributed by atoms with E-state index < -0.39 is 5.91 Å². The third-order valence-corrected chi connectivity index (χ3v) is 2.99. The summed E-state index contributed by atoms with van der Waals surface area (Å²) in [4.78, 5) is 24.9. The number of hydrogen-bond donors (Lipinski definition) is 1. The minimum Gasteiger partial charge on any atom is -0.370 e. The maximum atomic E-state index is 13.0. The molecule has 2 aromatic rings. The summed E-state index contributed by atoms with van der Waals surface area (Å²) >= 11 is 0. The highest BCUT2D eigenvalue weighted by Gasteiger charge is 2.18. The lowest BCUT2D eigenvalue weighted by Gasteiger charge is -2.22. The van der Waals surface area contributed by atoms with Gasteiger partial charge >= 0.3 is 0 Å². The van der Waals surface area contributed by atoms with Crippen LogP contribution in [0.2, 0.25) is 0 Å². The van der Waals surface area contributed by atoms with Crippen molar-refractivity contribution < 1.29 is 14.0 Å². The van der Waals surface area contributed by atoms with E-state index in [1.807, 2.05) is 6.07 Å². The van der Waals surface area contributed by atoms with Gasteiger partial charge in [0.2, 0.25) is 5.91 Å². The van der Waals surface area contributed by atoms with Crippen molar-refractivity contribution in [2.45, 2.75) is 6.42 Å². The number of hydrogen-bond acceptors (Lipinski definition) is 2. The molecule has 21 heavy (non-hydrogen) atoms. The van der Waals surface area contributed by atoms with E-state index in [2.05, 4.69) is 0 Å². The van der Waals surface area contributed by atoms with Crippen molar-refractivity contribution in [2.75, 3.05) is 11.4 Å². The van der Waals surface area contributed by atoms with Gasteiger partial charge in [-0.25, -0.2) is 4.39 Å². The molecule has 0 radical (unpaired) electrons. The van der Waals surface area contributed by atoms with E-state index in [9.17, 15) is 14.0 Å². The molecule has 0 aliphatic carbocycles. The van der Waals surface area contributed by atoms with E-state index in [0.717, 1.165) is 0 Å². The van der Waals surface area contributed by atoms with Crippen LogP contribution >= 0.6 is 0 Å². The SMILES string of the molecule is NC(=O)CCN(C(=O)c1ccccc1)c1ccc(F)cc1. The second-order valence-corrected chi connectivity index (χ2v) is 4.52. The van der Waals surface area contributed by atoms with E-state index in [1.165, 1.54) is 29.2 Å². The third-order valence-electron chi connectivity index (χ3n) is 2.99. The fourth-order valence-electron chi connectivity index (χ4n) is 1.93. The molecule has 0 atom stereocenters. The first-order chi connectivity index (χ1) is 10.1. The maximum Gasteiger partial charge on any atom is 0.258 e. The topological polar surface area (TPSA) is 63.4 Å². The number of carbonyl (C=O) groups excluding carboxylic acids is 2. The van der Waals surface area contributed by atoms with E-state index in [0.29, 0.717) is 11.3 Å². The number of nitrogens with two attached hydrogens (primary N) is 1. The number of anilines is 1. The second kappa shape index (κ2) is 6.65. The first-order valence-electron chi connectivity index (χ1n) is 6.48. The van der Waals surface area contributed by atoms with Crippen LogP contribution in [0.15, 0.2) is 54.6 Å².